The predicted octanol–water partition coefficient (Wildman–Crippen LogP) is 5.21. The van der Waals surface area contributed by atoms with Gasteiger partial charge in [-0.1, -0.05) is 43.3 Å². The fourth-order valence-corrected chi connectivity index (χ4v) is 4.77. The van der Waals surface area contributed by atoms with Gasteiger partial charge in [0.05, 0.1) is 24.7 Å². The van der Waals surface area contributed by atoms with Crippen LogP contribution in [-0.4, -0.2) is 35.7 Å². The molecule has 0 N–H and O–H groups in total. The Morgan fingerprint density at radius 1 is 1.00 bits per heavy atom. The van der Waals surface area contributed by atoms with Gasteiger partial charge >= 0.3 is 0 Å². The predicted molar refractivity (Wildman–Crippen MR) is 134 cm³/mol. The van der Waals surface area contributed by atoms with Crippen LogP contribution in [0.3, 0.4) is 0 Å². The third kappa shape index (κ3) is 4.23. The molecule has 4 aromatic rings. The van der Waals surface area contributed by atoms with E-state index in [0.29, 0.717) is 26.1 Å². The SMILES string of the molecule is CCc1ccccc1N1CC(c2nc3ccccc3n2CCOc2cccc(OC)c2)CC1=O. The van der Waals surface area contributed by atoms with Gasteiger partial charge in [-0.2, -0.15) is 0 Å². The maximum atomic E-state index is 13.1. The molecule has 1 aliphatic rings. The van der Waals surface area contributed by atoms with Crippen LogP contribution in [0.1, 0.15) is 30.7 Å². The highest BCUT2D eigenvalue weighted by atomic mass is 16.5. The van der Waals surface area contributed by atoms with Crippen molar-refractivity contribution in [3.05, 3.63) is 84.2 Å². The molecule has 2 heterocycles. The quantitative estimate of drug-likeness (QED) is 0.366. The van der Waals surface area contributed by atoms with Crippen molar-refractivity contribution in [2.45, 2.75) is 32.2 Å². The standard InChI is InChI=1S/C28H29N3O3/c1-3-20-9-4-6-13-25(20)31-19-21(17-27(31)32)28-29-24-12-5-7-14-26(24)30(28)15-16-34-23-11-8-10-22(18-23)33-2/h4-14,18,21H,3,15-17,19H2,1-2H3. The molecule has 1 unspecified atom stereocenters. The van der Waals surface area contributed by atoms with Gasteiger partial charge < -0.3 is 18.9 Å². The minimum atomic E-state index is 0.0293. The van der Waals surface area contributed by atoms with Gasteiger partial charge in [0.15, 0.2) is 0 Å². The number of carbonyl (C=O) groups excluding carboxylic acids is 1. The fourth-order valence-electron chi connectivity index (χ4n) is 4.77. The maximum absolute atomic E-state index is 13.1. The molecule has 0 aliphatic carbocycles. The number of rotatable bonds is 8. The van der Waals surface area contributed by atoms with Gasteiger partial charge in [0.1, 0.15) is 23.9 Å². The number of aromatic nitrogens is 2. The third-order valence-corrected chi connectivity index (χ3v) is 6.46. The number of hydrogen-bond donors (Lipinski definition) is 0. The van der Waals surface area contributed by atoms with Crippen LogP contribution in [0.2, 0.25) is 0 Å². The van der Waals surface area contributed by atoms with Crippen molar-refractivity contribution in [2.24, 2.45) is 0 Å². The normalized spacial score (nSPS) is 15.8. The van der Waals surface area contributed by atoms with Crippen molar-refractivity contribution in [2.75, 3.05) is 25.2 Å². The van der Waals surface area contributed by atoms with Gasteiger partial charge in [0, 0.05) is 30.6 Å². The van der Waals surface area contributed by atoms with E-state index in [9.17, 15) is 4.79 Å². The van der Waals surface area contributed by atoms with Crippen LogP contribution in [0, 0.1) is 0 Å². The summed E-state index contributed by atoms with van der Waals surface area (Å²) < 4.78 is 13.5. The summed E-state index contributed by atoms with van der Waals surface area (Å²) in [6.07, 6.45) is 1.35. The van der Waals surface area contributed by atoms with Crippen molar-refractivity contribution in [1.82, 2.24) is 9.55 Å². The Bertz CT molecular complexity index is 1310. The van der Waals surface area contributed by atoms with E-state index < -0.39 is 0 Å². The minimum absolute atomic E-state index is 0.0293. The van der Waals surface area contributed by atoms with Crippen molar-refractivity contribution >= 4 is 22.6 Å². The van der Waals surface area contributed by atoms with E-state index in [4.69, 9.17) is 14.5 Å². The lowest BCUT2D eigenvalue weighted by Gasteiger charge is -2.20. The number of anilines is 1. The Morgan fingerprint density at radius 3 is 2.65 bits per heavy atom. The van der Waals surface area contributed by atoms with Crippen molar-refractivity contribution in [3.63, 3.8) is 0 Å². The molecule has 5 rings (SSSR count). The molecule has 3 aromatic carbocycles. The largest absolute Gasteiger partial charge is 0.497 e. The van der Waals surface area contributed by atoms with Crippen LogP contribution >= 0.6 is 0 Å². The first-order valence-corrected chi connectivity index (χ1v) is 11.8. The molecule has 34 heavy (non-hydrogen) atoms. The van der Waals surface area contributed by atoms with Gasteiger partial charge in [0.25, 0.3) is 0 Å². The molecule has 1 aromatic heterocycles. The molecular formula is C28H29N3O3. The van der Waals surface area contributed by atoms with E-state index in [1.807, 2.05) is 65.6 Å². The summed E-state index contributed by atoms with van der Waals surface area (Å²) in [6, 6.07) is 23.9. The van der Waals surface area contributed by atoms with Gasteiger partial charge in [-0.3, -0.25) is 4.79 Å². The smallest absolute Gasteiger partial charge is 0.227 e. The maximum Gasteiger partial charge on any atom is 0.227 e. The second-order valence-corrected chi connectivity index (χ2v) is 8.53. The van der Waals surface area contributed by atoms with Crippen LogP contribution in [0.4, 0.5) is 5.69 Å². The number of aryl methyl sites for hydroxylation is 1. The monoisotopic (exact) mass is 455 g/mol. The number of nitrogens with zero attached hydrogens (tertiary/aromatic N) is 3. The molecule has 1 aliphatic heterocycles. The zero-order valence-electron chi connectivity index (χ0n) is 19.6. The fraction of sp³-hybridized carbons (Fsp3) is 0.286. The number of hydrogen-bond acceptors (Lipinski definition) is 4. The summed E-state index contributed by atoms with van der Waals surface area (Å²) in [4.78, 5) is 20.0. The average molecular weight is 456 g/mol. The number of fused-ring (bicyclic) bond motifs is 1. The first-order valence-electron chi connectivity index (χ1n) is 11.8. The number of methoxy groups -OCH3 is 1. The summed E-state index contributed by atoms with van der Waals surface area (Å²) in [5.41, 5.74) is 4.21. The average Bonchev–Trinajstić information content (AvgIpc) is 3.44. The summed E-state index contributed by atoms with van der Waals surface area (Å²) in [5.74, 6) is 2.66. The number of amides is 1. The Balaban J connectivity index is 1.40. The van der Waals surface area contributed by atoms with Crippen LogP contribution in [0.5, 0.6) is 11.5 Å². The highest BCUT2D eigenvalue weighted by Gasteiger charge is 2.35. The van der Waals surface area contributed by atoms with Crippen LogP contribution in [0.15, 0.2) is 72.8 Å². The molecule has 6 heteroatoms. The zero-order valence-corrected chi connectivity index (χ0v) is 19.6. The highest BCUT2D eigenvalue weighted by molar-refractivity contribution is 5.97. The van der Waals surface area contributed by atoms with E-state index in [-0.39, 0.29) is 11.8 Å². The summed E-state index contributed by atoms with van der Waals surface area (Å²) >= 11 is 0. The topological polar surface area (TPSA) is 56.6 Å². The molecule has 174 valence electrons. The second-order valence-electron chi connectivity index (χ2n) is 8.53. The summed E-state index contributed by atoms with van der Waals surface area (Å²) in [5, 5.41) is 0. The Labute approximate surface area is 199 Å². The molecule has 0 saturated carbocycles. The van der Waals surface area contributed by atoms with E-state index in [0.717, 1.165) is 40.5 Å². The molecule has 6 nitrogen and oxygen atoms in total. The van der Waals surface area contributed by atoms with Gasteiger partial charge in [-0.25, -0.2) is 4.98 Å². The van der Waals surface area contributed by atoms with E-state index in [1.54, 1.807) is 7.11 Å². The van der Waals surface area contributed by atoms with Crippen LogP contribution in [-0.2, 0) is 17.8 Å². The molecule has 0 spiro atoms. The van der Waals surface area contributed by atoms with Crippen LogP contribution in [0.25, 0.3) is 11.0 Å². The second kappa shape index (κ2) is 9.59. The van der Waals surface area contributed by atoms with Gasteiger partial charge in [0.2, 0.25) is 5.91 Å². The Morgan fingerprint density at radius 2 is 1.79 bits per heavy atom. The number of imidazole rings is 1. The zero-order chi connectivity index (χ0) is 23.5. The van der Waals surface area contributed by atoms with Crippen molar-refractivity contribution in [3.8, 4) is 11.5 Å². The Kier molecular flexibility index (Phi) is 6.21. The molecule has 0 bridgehead atoms. The molecule has 1 atom stereocenters. The van der Waals surface area contributed by atoms with Gasteiger partial charge in [-0.05, 0) is 42.3 Å². The van der Waals surface area contributed by atoms with Gasteiger partial charge in [-0.15, -0.1) is 0 Å². The lowest BCUT2D eigenvalue weighted by molar-refractivity contribution is -0.117. The highest BCUT2D eigenvalue weighted by Crippen LogP contribution is 2.34. The number of benzene rings is 3. The first-order chi connectivity index (χ1) is 16.7. The van der Waals surface area contributed by atoms with E-state index >= 15 is 0 Å². The molecule has 0 radical (unpaired) electrons. The first kappa shape index (κ1) is 22.0. The van der Waals surface area contributed by atoms with Crippen molar-refractivity contribution in [1.29, 1.82) is 0 Å². The number of para-hydroxylation sites is 3. The number of ether oxygens (including phenoxy) is 2. The molecule has 1 amide bonds. The molecular weight excluding hydrogens is 426 g/mol. The summed E-state index contributed by atoms with van der Waals surface area (Å²) in [7, 11) is 1.65. The Hall–Kier alpha value is -3.80. The minimum Gasteiger partial charge on any atom is -0.497 e. The molecule has 1 saturated heterocycles. The lowest BCUT2D eigenvalue weighted by Crippen LogP contribution is -2.25. The van der Waals surface area contributed by atoms with E-state index in [2.05, 4.69) is 23.6 Å². The lowest BCUT2D eigenvalue weighted by atomic mass is 10.1. The van der Waals surface area contributed by atoms with Crippen LogP contribution < -0.4 is 14.4 Å². The third-order valence-electron chi connectivity index (χ3n) is 6.46. The van der Waals surface area contributed by atoms with E-state index in [1.165, 1.54) is 5.56 Å². The van der Waals surface area contributed by atoms with Crippen molar-refractivity contribution < 1.29 is 14.3 Å². The molecule has 1 fully saturated rings. The summed E-state index contributed by atoms with van der Waals surface area (Å²) in [6.45, 7) is 3.89. The number of carbonyl (C=O) groups is 1.